The number of halogens is 1. The molecule has 1 unspecified atom stereocenters. The topological polar surface area (TPSA) is 72.7 Å². The molecule has 2 rings (SSSR count). The predicted molar refractivity (Wildman–Crippen MR) is 65.0 cm³/mol. The van der Waals surface area contributed by atoms with Crippen LogP contribution in [0.5, 0.6) is 5.75 Å². The zero-order valence-electron chi connectivity index (χ0n) is 10.5. The van der Waals surface area contributed by atoms with Crippen LogP contribution in [0.2, 0.25) is 0 Å². The predicted octanol–water partition coefficient (Wildman–Crippen LogP) is 1.81. The van der Waals surface area contributed by atoms with E-state index in [1.165, 1.54) is 17.0 Å². The minimum absolute atomic E-state index is 0.0157. The summed E-state index contributed by atoms with van der Waals surface area (Å²) in [5.41, 5.74) is 0.359. The third-order valence-corrected chi connectivity index (χ3v) is 2.67. The maximum atomic E-state index is 13.2. The molecular weight excluding hydrogens is 255 g/mol. The highest BCUT2D eigenvalue weighted by atomic mass is 19.1. The van der Waals surface area contributed by atoms with E-state index < -0.39 is 22.9 Å². The number of carbonyl (C=O) groups is 1. The zero-order valence-corrected chi connectivity index (χ0v) is 10.5. The highest BCUT2D eigenvalue weighted by Crippen LogP contribution is 2.35. The average Bonchev–Trinajstić information content (AvgIpc) is 2.31. The minimum Gasteiger partial charge on any atom is -0.420 e. The van der Waals surface area contributed by atoms with Crippen molar-refractivity contribution in [3.05, 3.63) is 34.1 Å². The van der Waals surface area contributed by atoms with Crippen LogP contribution in [0.4, 0.5) is 10.1 Å². The smallest absolute Gasteiger partial charge is 0.420 e. The van der Waals surface area contributed by atoms with Gasteiger partial charge in [-0.3, -0.25) is 19.8 Å². The summed E-state index contributed by atoms with van der Waals surface area (Å²) in [6.07, 6.45) is -1.81. The van der Waals surface area contributed by atoms with Gasteiger partial charge < -0.3 is 4.74 Å². The molecule has 1 aromatic rings. The zero-order chi connectivity index (χ0) is 14.2. The van der Waals surface area contributed by atoms with Crippen molar-refractivity contribution in [2.24, 2.45) is 5.92 Å². The second kappa shape index (κ2) is 4.83. The summed E-state index contributed by atoms with van der Waals surface area (Å²) in [5, 5.41) is 10.8. The molecule has 0 aliphatic carbocycles. The molecule has 1 aromatic carbocycles. The van der Waals surface area contributed by atoms with Gasteiger partial charge in [0, 0.05) is 12.6 Å². The standard InChI is InChI=1S/C12H13FN2O4/c1-7(2)6-14-9-4-3-8(13)5-10(9)19-12(11(14)16)15(17)18/h3-5,7,12H,6H2,1-2H3. The normalized spacial score (nSPS) is 18.2. The lowest BCUT2D eigenvalue weighted by Gasteiger charge is -2.31. The van der Waals surface area contributed by atoms with E-state index in [1.807, 2.05) is 13.8 Å². The van der Waals surface area contributed by atoms with E-state index in [4.69, 9.17) is 4.74 Å². The quantitative estimate of drug-likeness (QED) is 0.619. The largest absolute Gasteiger partial charge is 0.434 e. The van der Waals surface area contributed by atoms with Gasteiger partial charge in [0.2, 0.25) is 0 Å². The average molecular weight is 268 g/mol. The van der Waals surface area contributed by atoms with Gasteiger partial charge in [0.15, 0.2) is 5.75 Å². The van der Waals surface area contributed by atoms with Crippen molar-refractivity contribution in [1.82, 2.24) is 0 Å². The van der Waals surface area contributed by atoms with Crippen molar-refractivity contribution >= 4 is 11.6 Å². The molecule has 1 aliphatic heterocycles. The van der Waals surface area contributed by atoms with Gasteiger partial charge >= 0.3 is 12.1 Å². The second-order valence-electron chi connectivity index (χ2n) is 4.71. The fraction of sp³-hybridized carbons (Fsp3) is 0.417. The molecule has 1 aliphatic rings. The number of nitro groups is 1. The number of benzene rings is 1. The summed E-state index contributed by atoms with van der Waals surface area (Å²) < 4.78 is 18.1. The summed E-state index contributed by atoms with van der Waals surface area (Å²) in [6.45, 7) is 4.07. The molecule has 0 spiro atoms. The van der Waals surface area contributed by atoms with Crippen LogP contribution in [0.25, 0.3) is 0 Å². The summed E-state index contributed by atoms with van der Waals surface area (Å²) in [5.74, 6) is -1.17. The summed E-state index contributed by atoms with van der Waals surface area (Å²) in [7, 11) is 0. The number of nitrogens with zero attached hydrogens (tertiary/aromatic N) is 2. The Morgan fingerprint density at radius 1 is 1.53 bits per heavy atom. The van der Waals surface area contributed by atoms with Gasteiger partial charge in [-0.15, -0.1) is 0 Å². The van der Waals surface area contributed by atoms with E-state index >= 15 is 0 Å². The van der Waals surface area contributed by atoms with Gasteiger partial charge in [-0.05, 0) is 18.1 Å². The SMILES string of the molecule is CC(C)CN1C(=O)C([N+](=O)[O-])Oc2cc(F)ccc21. The van der Waals surface area contributed by atoms with Crippen LogP contribution < -0.4 is 9.64 Å². The number of ether oxygens (including phenoxy) is 1. The Hall–Kier alpha value is -2.18. The van der Waals surface area contributed by atoms with Crippen LogP contribution in [0.15, 0.2) is 18.2 Å². The molecule has 0 aromatic heterocycles. The Balaban J connectivity index is 2.46. The molecular formula is C12H13FN2O4. The highest BCUT2D eigenvalue weighted by Gasteiger charge is 2.42. The van der Waals surface area contributed by atoms with Gasteiger partial charge in [0.1, 0.15) is 5.82 Å². The van der Waals surface area contributed by atoms with Gasteiger partial charge in [-0.2, -0.15) is 0 Å². The lowest BCUT2D eigenvalue weighted by Crippen LogP contribution is -2.50. The molecule has 0 radical (unpaired) electrons. The van der Waals surface area contributed by atoms with E-state index in [1.54, 1.807) is 0 Å². The van der Waals surface area contributed by atoms with Crippen molar-refractivity contribution in [3.8, 4) is 5.75 Å². The summed E-state index contributed by atoms with van der Waals surface area (Å²) >= 11 is 0. The molecule has 0 N–H and O–H groups in total. The van der Waals surface area contributed by atoms with Crippen LogP contribution in [0, 0.1) is 21.8 Å². The van der Waals surface area contributed by atoms with Crippen LogP contribution in [0.3, 0.4) is 0 Å². The molecule has 1 atom stereocenters. The maximum absolute atomic E-state index is 13.2. The lowest BCUT2D eigenvalue weighted by molar-refractivity contribution is -0.545. The fourth-order valence-corrected chi connectivity index (χ4v) is 1.91. The molecule has 19 heavy (non-hydrogen) atoms. The van der Waals surface area contributed by atoms with Gasteiger partial charge in [0.25, 0.3) is 0 Å². The molecule has 1 amide bonds. The van der Waals surface area contributed by atoms with Crippen LogP contribution >= 0.6 is 0 Å². The van der Waals surface area contributed by atoms with E-state index in [9.17, 15) is 19.3 Å². The maximum Gasteiger partial charge on any atom is 0.434 e. The van der Waals surface area contributed by atoms with Gasteiger partial charge in [-0.25, -0.2) is 4.39 Å². The third kappa shape index (κ3) is 2.49. The Morgan fingerprint density at radius 3 is 2.79 bits per heavy atom. The van der Waals surface area contributed by atoms with E-state index in [0.717, 1.165) is 6.07 Å². The van der Waals surface area contributed by atoms with Gasteiger partial charge in [-0.1, -0.05) is 13.8 Å². The Labute approximate surface area is 108 Å². The molecule has 0 fully saturated rings. The first-order chi connectivity index (χ1) is 8.90. The van der Waals surface area contributed by atoms with Crippen LogP contribution in [-0.2, 0) is 4.79 Å². The van der Waals surface area contributed by atoms with Gasteiger partial charge in [0.05, 0.1) is 10.6 Å². The first kappa shape index (κ1) is 13.3. The fourth-order valence-electron chi connectivity index (χ4n) is 1.91. The first-order valence-electron chi connectivity index (χ1n) is 5.81. The third-order valence-electron chi connectivity index (χ3n) is 2.67. The lowest BCUT2D eigenvalue weighted by atomic mass is 10.1. The van der Waals surface area contributed by atoms with E-state index in [0.29, 0.717) is 12.2 Å². The number of carbonyl (C=O) groups excluding carboxylic acids is 1. The number of anilines is 1. The van der Waals surface area contributed by atoms with Crippen molar-refractivity contribution in [2.75, 3.05) is 11.4 Å². The van der Waals surface area contributed by atoms with Crippen molar-refractivity contribution < 1.29 is 18.8 Å². The molecule has 7 heteroatoms. The van der Waals surface area contributed by atoms with Crippen molar-refractivity contribution in [3.63, 3.8) is 0 Å². The molecule has 102 valence electrons. The van der Waals surface area contributed by atoms with Crippen molar-refractivity contribution in [1.29, 1.82) is 0 Å². The molecule has 1 heterocycles. The number of rotatable bonds is 3. The number of fused-ring (bicyclic) bond motifs is 1. The summed E-state index contributed by atoms with van der Waals surface area (Å²) in [4.78, 5) is 23.3. The monoisotopic (exact) mass is 268 g/mol. The number of amides is 1. The van der Waals surface area contributed by atoms with Crippen LogP contribution in [0.1, 0.15) is 13.8 Å². The molecule has 0 saturated carbocycles. The second-order valence-corrected chi connectivity index (χ2v) is 4.71. The van der Waals surface area contributed by atoms with Crippen molar-refractivity contribution in [2.45, 2.75) is 20.1 Å². The molecule has 0 saturated heterocycles. The molecule has 0 bridgehead atoms. The van der Waals surface area contributed by atoms with Crippen LogP contribution in [-0.4, -0.2) is 23.6 Å². The first-order valence-corrected chi connectivity index (χ1v) is 5.81. The molecule has 6 nitrogen and oxygen atoms in total. The Kier molecular flexibility index (Phi) is 3.37. The van der Waals surface area contributed by atoms with E-state index in [2.05, 4.69) is 0 Å². The Bertz CT molecular complexity index is 532. The van der Waals surface area contributed by atoms with E-state index in [-0.39, 0.29) is 11.7 Å². The Morgan fingerprint density at radius 2 is 2.21 bits per heavy atom. The number of hydrogen-bond acceptors (Lipinski definition) is 4. The number of hydrogen-bond donors (Lipinski definition) is 0. The highest BCUT2D eigenvalue weighted by molar-refractivity contribution is 5.99. The minimum atomic E-state index is -1.81. The summed E-state index contributed by atoms with van der Waals surface area (Å²) in [6, 6.07) is 3.63.